The lowest BCUT2D eigenvalue weighted by molar-refractivity contribution is -0.394. The molecule has 17 heteroatoms. The van der Waals surface area contributed by atoms with Gasteiger partial charge in [-0.05, 0) is 98.7 Å². The molecular weight excluding hydrogens is 812 g/mol. The Morgan fingerprint density at radius 3 is 2.03 bits per heavy atom. The van der Waals surface area contributed by atoms with Gasteiger partial charge in [-0.2, -0.15) is 0 Å². The molecule has 0 radical (unpaired) electrons. The first-order valence-electron chi connectivity index (χ1n) is 23.4. The maximum atomic E-state index is 11.6. The van der Waals surface area contributed by atoms with E-state index in [1.807, 2.05) is 0 Å². The molecule has 0 aromatic heterocycles. The Labute approximate surface area is 363 Å². The molecule has 0 aromatic carbocycles. The molecule has 1 spiro atoms. The van der Waals surface area contributed by atoms with Crippen molar-refractivity contribution in [1.82, 2.24) is 0 Å². The number of hydrogen-bond acceptors (Lipinski definition) is 17. The predicted octanol–water partition coefficient (Wildman–Crippen LogP) is 0.214. The molecule has 1 unspecified atom stereocenters. The molecule has 3 saturated carbocycles. The van der Waals surface area contributed by atoms with Crippen molar-refractivity contribution in [2.75, 3.05) is 19.8 Å². The first-order valence-corrected chi connectivity index (χ1v) is 23.4. The molecule has 26 atom stereocenters. The summed E-state index contributed by atoms with van der Waals surface area (Å²) in [5.41, 5.74) is 1.45. The lowest BCUT2D eigenvalue weighted by Crippen LogP contribution is -2.67. The average molecular weight is 885 g/mol. The predicted molar refractivity (Wildman–Crippen MR) is 214 cm³/mol. The van der Waals surface area contributed by atoms with Gasteiger partial charge < -0.3 is 83.9 Å². The van der Waals surface area contributed by atoms with Crippen LogP contribution >= 0.6 is 0 Å². The summed E-state index contributed by atoms with van der Waals surface area (Å²) in [4.78, 5) is 0. The highest BCUT2D eigenvalue weighted by atomic mass is 16.8. The number of hydrogen-bond donors (Lipinski definition) is 9. The highest BCUT2D eigenvalue weighted by molar-refractivity contribution is 5.26. The Kier molecular flexibility index (Phi) is 12.9. The normalized spacial score (nSPS) is 57.6. The Hall–Kier alpha value is -0.940. The van der Waals surface area contributed by atoms with Gasteiger partial charge in [0.25, 0.3) is 0 Å². The van der Waals surface area contributed by atoms with Crippen LogP contribution in [0.5, 0.6) is 0 Å². The van der Waals surface area contributed by atoms with Gasteiger partial charge in [-0.3, -0.25) is 0 Å². The van der Waals surface area contributed by atoms with Crippen molar-refractivity contribution < 1.29 is 83.9 Å². The SMILES string of the molecule is C[C@H]1CC[C@@]2(OC1)O[C@H]1C[C@H]3[C@@H]4CC=C5C[C@@H](O[C@@H]6O[C@H](CO)C(O)[C@H](O[C@@H]7O[C@H](CO)[C@@H](O)[C@H](O)[C@H]7O)[C@H]6O[C@@H]6O[C@@H](C)[C@H](O)[C@@H](O)[C@H]6O)CC[C@]5(C)[C@H]4CC[C@]3(C)[C@H]1[C@@H]2C. The summed E-state index contributed by atoms with van der Waals surface area (Å²) in [5, 5.41) is 95.8. The van der Waals surface area contributed by atoms with Gasteiger partial charge in [-0.15, -0.1) is 0 Å². The Morgan fingerprint density at radius 2 is 1.34 bits per heavy atom. The molecule has 9 N–H and O–H groups in total. The van der Waals surface area contributed by atoms with Crippen molar-refractivity contribution in [1.29, 1.82) is 0 Å². The van der Waals surface area contributed by atoms with Gasteiger partial charge in [0.2, 0.25) is 0 Å². The molecule has 17 nitrogen and oxygen atoms in total. The van der Waals surface area contributed by atoms with Gasteiger partial charge in [0.15, 0.2) is 24.7 Å². The number of fused-ring (bicyclic) bond motifs is 7. The second-order valence-electron chi connectivity index (χ2n) is 21.1. The second kappa shape index (κ2) is 17.3. The van der Waals surface area contributed by atoms with E-state index in [-0.39, 0.29) is 16.9 Å². The van der Waals surface area contributed by atoms with E-state index in [2.05, 4.69) is 33.8 Å². The Morgan fingerprint density at radius 1 is 0.677 bits per heavy atom. The van der Waals surface area contributed by atoms with Crippen LogP contribution in [0.1, 0.15) is 92.4 Å². The molecule has 5 aliphatic heterocycles. The van der Waals surface area contributed by atoms with Crippen LogP contribution in [0, 0.1) is 46.3 Å². The summed E-state index contributed by atoms with van der Waals surface area (Å²) in [6.07, 6.45) is -12.4. The fraction of sp³-hybridized carbons (Fsp3) is 0.956. The third kappa shape index (κ3) is 7.49. The van der Waals surface area contributed by atoms with Gasteiger partial charge in [0.1, 0.15) is 67.1 Å². The molecule has 9 aliphatic rings. The molecule has 354 valence electrons. The highest BCUT2D eigenvalue weighted by Gasteiger charge is 2.69. The van der Waals surface area contributed by atoms with E-state index in [1.165, 1.54) is 12.5 Å². The van der Waals surface area contributed by atoms with Crippen LogP contribution in [0.4, 0.5) is 0 Å². The van der Waals surface area contributed by atoms with E-state index >= 15 is 0 Å². The first-order chi connectivity index (χ1) is 29.4. The van der Waals surface area contributed by atoms with E-state index < -0.39 is 117 Å². The van der Waals surface area contributed by atoms with Crippen LogP contribution in [0.25, 0.3) is 0 Å². The zero-order chi connectivity index (χ0) is 44.2. The van der Waals surface area contributed by atoms with Crippen molar-refractivity contribution in [3.05, 3.63) is 11.6 Å². The number of aliphatic hydroxyl groups excluding tert-OH is 9. The first kappa shape index (κ1) is 46.2. The smallest absolute Gasteiger partial charge is 0.187 e. The van der Waals surface area contributed by atoms with Crippen LogP contribution in [0.15, 0.2) is 11.6 Å². The average Bonchev–Trinajstić information content (AvgIpc) is 3.70. The van der Waals surface area contributed by atoms with Crippen molar-refractivity contribution in [3.8, 4) is 0 Å². The Bertz CT molecular complexity index is 1610. The zero-order valence-electron chi connectivity index (χ0n) is 36.6. The molecule has 0 aromatic rings. The quantitative estimate of drug-likeness (QED) is 0.148. The van der Waals surface area contributed by atoms with Crippen molar-refractivity contribution in [3.63, 3.8) is 0 Å². The monoisotopic (exact) mass is 884 g/mol. The van der Waals surface area contributed by atoms with Crippen molar-refractivity contribution >= 4 is 0 Å². The van der Waals surface area contributed by atoms with Crippen molar-refractivity contribution in [2.24, 2.45) is 46.3 Å². The maximum absolute atomic E-state index is 11.6. The third-order valence-corrected chi connectivity index (χ3v) is 17.7. The second-order valence-corrected chi connectivity index (χ2v) is 21.1. The van der Waals surface area contributed by atoms with E-state index in [4.69, 9.17) is 37.9 Å². The molecule has 9 rings (SSSR count). The largest absolute Gasteiger partial charge is 0.394 e. The number of rotatable bonds is 8. The summed E-state index contributed by atoms with van der Waals surface area (Å²) in [5.74, 6) is 2.52. The molecule has 5 heterocycles. The lowest BCUT2D eigenvalue weighted by Gasteiger charge is -2.59. The van der Waals surface area contributed by atoms with Crippen LogP contribution in [0.2, 0.25) is 0 Å². The number of allylic oxidation sites excluding steroid dienone is 1. The molecule has 0 amide bonds. The van der Waals surface area contributed by atoms with Gasteiger partial charge >= 0.3 is 0 Å². The summed E-state index contributed by atoms with van der Waals surface area (Å²) in [7, 11) is 0. The van der Waals surface area contributed by atoms with Gasteiger partial charge in [0.05, 0.1) is 38.1 Å². The molecule has 5 saturated heterocycles. The standard InChI is InChI=1S/C45H72O17/c1-19-8-13-45(55-18-19)20(2)30-27(62-45)15-26-24-7-6-22-14-23(9-11-43(22,4)25(24)10-12-44(26,30)5)57-42-39(61-40-36(53)34(51)31(48)21(3)56-40)38(33(50)29(17-47)59-42)60-41-37(54)35(52)32(49)28(16-46)58-41/h6,19-21,23-42,46-54H,7-18H2,1-5H3/t19-,20-,21-,23-,24+,25-,26-,27-,28+,29+,30-,31-,32+,33?,34+,35-,36+,37+,38-,39+,40-,41-,42+,43-,44-,45+/m0/s1. The molecule has 8 fully saturated rings. The van der Waals surface area contributed by atoms with Gasteiger partial charge in [0, 0.05) is 12.3 Å². The summed E-state index contributed by atoms with van der Waals surface area (Å²) < 4.78 is 50.3. The lowest BCUT2D eigenvalue weighted by atomic mass is 9.47. The number of aliphatic hydroxyl groups is 9. The van der Waals surface area contributed by atoms with E-state index in [1.54, 1.807) is 0 Å². The van der Waals surface area contributed by atoms with E-state index in [0.717, 1.165) is 51.6 Å². The fourth-order valence-electron chi connectivity index (χ4n) is 14.0. The minimum Gasteiger partial charge on any atom is -0.394 e. The van der Waals surface area contributed by atoms with Crippen LogP contribution < -0.4 is 0 Å². The highest BCUT2D eigenvalue weighted by Crippen LogP contribution is 2.70. The van der Waals surface area contributed by atoms with Gasteiger partial charge in [-0.25, -0.2) is 0 Å². The minimum absolute atomic E-state index is 0.0484. The maximum Gasteiger partial charge on any atom is 0.187 e. The molecule has 4 aliphatic carbocycles. The van der Waals surface area contributed by atoms with Crippen LogP contribution in [-0.2, 0) is 37.9 Å². The topological polar surface area (TPSA) is 256 Å². The fourth-order valence-corrected chi connectivity index (χ4v) is 14.0. The molecular formula is C45H72O17. The minimum atomic E-state index is -1.84. The van der Waals surface area contributed by atoms with Crippen molar-refractivity contribution in [2.45, 2.75) is 203 Å². The van der Waals surface area contributed by atoms with Gasteiger partial charge in [-0.1, -0.05) is 39.3 Å². The summed E-state index contributed by atoms with van der Waals surface area (Å²) >= 11 is 0. The van der Waals surface area contributed by atoms with Crippen LogP contribution in [-0.4, -0.2) is 176 Å². The zero-order valence-corrected chi connectivity index (χ0v) is 36.6. The summed E-state index contributed by atoms with van der Waals surface area (Å²) in [6.45, 7) is 10.4. The van der Waals surface area contributed by atoms with Crippen LogP contribution in [0.3, 0.4) is 0 Å². The Balaban J connectivity index is 0.940. The summed E-state index contributed by atoms with van der Waals surface area (Å²) in [6, 6.07) is 0. The van der Waals surface area contributed by atoms with E-state index in [9.17, 15) is 46.0 Å². The molecule has 62 heavy (non-hydrogen) atoms. The number of ether oxygens (including phenoxy) is 8. The molecule has 0 bridgehead atoms. The van der Waals surface area contributed by atoms with E-state index in [0.29, 0.717) is 48.3 Å². The third-order valence-electron chi connectivity index (χ3n) is 17.7.